The molecule has 0 amide bonds. The Morgan fingerprint density at radius 2 is 2.00 bits per heavy atom. The van der Waals surface area contributed by atoms with Gasteiger partial charge in [0.2, 0.25) is 0 Å². The van der Waals surface area contributed by atoms with E-state index in [1.54, 1.807) is 19.2 Å². The smallest absolute Gasteiger partial charge is 0.338 e. The molecule has 1 unspecified atom stereocenters. The van der Waals surface area contributed by atoms with Crippen LogP contribution in [0.5, 0.6) is 0 Å². The number of methoxy groups -OCH3 is 1. The first kappa shape index (κ1) is 14.0. The average molecular weight is 264 g/mol. The lowest BCUT2D eigenvalue weighted by Crippen LogP contribution is -2.32. The third-order valence-corrected chi connectivity index (χ3v) is 3.57. The molecule has 0 bridgehead atoms. The van der Waals surface area contributed by atoms with Crippen molar-refractivity contribution in [3.8, 4) is 0 Å². The molecule has 1 fully saturated rings. The number of ether oxygens (including phenoxy) is 3. The molecule has 1 aliphatic heterocycles. The van der Waals surface area contributed by atoms with Crippen LogP contribution in [0.1, 0.15) is 30.6 Å². The van der Waals surface area contributed by atoms with Gasteiger partial charge in [0, 0.05) is 13.0 Å². The lowest BCUT2D eigenvalue weighted by molar-refractivity contribution is -0.150. The molecular weight excluding hydrogens is 244 g/mol. The highest BCUT2D eigenvalue weighted by atomic mass is 16.7. The van der Waals surface area contributed by atoms with Gasteiger partial charge in [0.15, 0.2) is 12.4 Å². The maximum Gasteiger partial charge on any atom is 0.338 e. The van der Waals surface area contributed by atoms with Gasteiger partial charge in [0.05, 0.1) is 11.7 Å². The fourth-order valence-corrected chi connectivity index (χ4v) is 2.42. The summed E-state index contributed by atoms with van der Waals surface area (Å²) in [5.74, 6) is -0.206. The lowest BCUT2D eigenvalue weighted by atomic mass is 9.99. The summed E-state index contributed by atoms with van der Waals surface area (Å²) in [5, 5.41) is 0. The first-order valence-electron chi connectivity index (χ1n) is 6.61. The van der Waals surface area contributed by atoms with Gasteiger partial charge in [-0.15, -0.1) is 0 Å². The minimum atomic E-state index is -0.479. The summed E-state index contributed by atoms with van der Waals surface area (Å²) in [6, 6.07) is 8.97. The number of benzene rings is 1. The highest BCUT2D eigenvalue weighted by Gasteiger charge is 2.43. The summed E-state index contributed by atoms with van der Waals surface area (Å²) in [6.45, 7) is 4.07. The van der Waals surface area contributed by atoms with Crippen molar-refractivity contribution >= 4 is 5.97 Å². The number of carbonyl (C=O) groups is 1. The lowest BCUT2D eigenvalue weighted by Gasteiger charge is -2.20. The van der Waals surface area contributed by atoms with Crippen molar-refractivity contribution in [2.24, 2.45) is 5.92 Å². The standard InChI is InChI=1S/C15H20O4/c1-4-12-10(2)13(15(17-3)18-12)19-14(16)11-8-6-5-7-9-11/h5-10,12-13,15H,4H2,1-3H3/t10-,12-,13-,15?/m1/s1. The van der Waals surface area contributed by atoms with Crippen LogP contribution in [0.3, 0.4) is 0 Å². The van der Waals surface area contributed by atoms with Crippen LogP contribution >= 0.6 is 0 Å². The number of esters is 1. The Hall–Kier alpha value is -1.39. The third kappa shape index (κ3) is 2.96. The van der Waals surface area contributed by atoms with E-state index in [0.29, 0.717) is 5.56 Å². The Morgan fingerprint density at radius 3 is 2.58 bits per heavy atom. The van der Waals surface area contributed by atoms with Crippen LogP contribution in [-0.4, -0.2) is 31.6 Å². The van der Waals surface area contributed by atoms with E-state index in [0.717, 1.165) is 6.42 Å². The van der Waals surface area contributed by atoms with Crippen LogP contribution in [0.2, 0.25) is 0 Å². The zero-order valence-electron chi connectivity index (χ0n) is 11.5. The molecule has 1 aromatic carbocycles. The van der Waals surface area contributed by atoms with Gasteiger partial charge in [0.25, 0.3) is 0 Å². The van der Waals surface area contributed by atoms with Crippen LogP contribution in [0, 0.1) is 5.92 Å². The predicted molar refractivity (Wildman–Crippen MR) is 70.8 cm³/mol. The Morgan fingerprint density at radius 1 is 1.32 bits per heavy atom. The summed E-state index contributed by atoms with van der Waals surface area (Å²) >= 11 is 0. The first-order valence-corrected chi connectivity index (χ1v) is 6.61. The Bertz CT molecular complexity index is 415. The van der Waals surface area contributed by atoms with Gasteiger partial charge >= 0.3 is 5.97 Å². The predicted octanol–water partition coefficient (Wildman–Crippen LogP) is 2.63. The maximum atomic E-state index is 12.1. The van der Waals surface area contributed by atoms with Crippen molar-refractivity contribution in [1.82, 2.24) is 0 Å². The molecule has 19 heavy (non-hydrogen) atoms. The number of rotatable bonds is 4. The van der Waals surface area contributed by atoms with Crippen LogP contribution in [0.25, 0.3) is 0 Å². The molecule has 104 valence electrons. The SMILES string of the molecule is CC[C@H]1OC(OC)[C@H](OC(=O)c2ccccc2)[C@@H]1C. The zero-order chi connectivity index (χ0) is 13.8. The van der Waals surface area contributed by atoms with Crippen molar-refractivity contribution in [3.63, 3.8) is 0 Å². The summed E-state index contributed by atoms with van der Waals surface area (Å²) in [5.41, 5.74) is 0.546. The topological polar surface area (TPSA) is 44.8 Å². The minimum Gasteiger partial charge on any atom is -0.453 e. The normalized spacial score (nSPS) is 30.3. The first-order chi connectivity index (χ1) is 9.17. The quantitative estimate of drug-likeness (QED) is 0.784. The van der Waals surface area contributed by atoms with E-state index < -0.39 is 6.29 Å². The molecule has 2 rings (SSSR count). The van der Waals surface area contributed by atoms with E-state index in [1.165, 1.54) is 0 Å². The monoisotopic (exact) mass is 264 g/mol. The molecule has 0 aliphatic carbocycles. The maximum absolute atomic E-state index is 12.1. The van der Waals surface area contributed by atoms with E-state index in [-0.39, 0.29) is 24.1 Å². The van der Waals surface area contributed by atoms with Gasteiger partial charge < -0.3 is 14.2 Å². The Balaban J connectivity index is 2.07. The fraction of sp³-hybridized carbons (Fsp3) is 0.533. The van der Waals surface area contributed by atoms with Crippen LogP contribution in [0.15, 0.2) is 30.3 Å². The molecular formula is C15H20O4. The molecule has 0 N–H and O–H groups in total. The molecule has 4 heteroatoms. The molecule has 0 saturated carbocycles. The van der Waals surface area contributed by atoms with Crippen LogP contribution in [-0.2, 0) is 14.2 Å². The van der Waals surface area contributed by atoms with Gasteiger partial charge in [-0.2, -0.15) is 0 Å². The van der Waals surface area contributed by atoms with Crippen molar-refractivity contribution in [2.75, 3.05) is 7.11 Å². The van der Waals surface area contributed by atoms with Gasteiger partial charge in [-0.3, -0.25) is 0 Å². The summed E-state index contributed by atoms with van der Waals surface area (Å²) in [6.07, 6.45) is 0.106. The van der Waals surface area contributed by atoms with Gasteiger partial charge in [0.1, 0.15) is 0 Å². The van der Waals surface area contributed by atoms with E-state index in [1.807, 2.05) is 25.1 Å². The van der Waals surface area contributed by atoms with Crippen molar-refractivity contribution < 1.29 is 19.0 Å². The molecule has 1 aromatic rings. The number of hydrogen-bond donors (Lipinski definition) is 0. The molecule has 1 aliphatic rings. The largest absolute Gasteiger partial charge is 0.453 e. The zero-order valence-corrected chi connectivity index (χ0v) is 11.5. The summed E-state index contributed by atoms with van der Waals surface area (Å²) < 4.78 is 16.5. The second-order valence-electron chi connectivity index (χ2n) is 4.78. The van der Waals surface area contributed by atoms with Crippen molar-refractivity contribution in [1.29, 1.82) is 0 Å². The van der Waals surface area contributed by atoms with E-state index in [9.17, 15) is 4.79 Å². The summed E-state index contributed by atoms with van der Waals surface area (Å²) in [4.78, 5) is 12.1. The Kier molecular flexibility index (Phi) is 4.56. The highest BCUT2D eigenvalue weighted by molar-refractivity contribution is 5.89. The second kappa shape index (κ2) is 6.17. The molecule has 1 heterocycles. The van der Waals surface area contributed by atoms with Gasteiger partial charge in [-0.1, -0.05) is 32.0 Å². The van der Waals surface area contributed by atoms with Gasteiger partial charge in [-0.25, -0.2) is 4.79 Å². The molecule has 1 saturated heterocycles. The van der Waals surface area contributed by atoms with Crippen LogP contribution in [0.4, 0.5) is 0 Å². The molecule has 0 spiro atoms. The van der Waals surface area contributed by atoms with E-state index in [4.69, 9.17) is 14.2 Å². The number of hydrogen-bond acceptors (Lipinski definition) is 4. The Labute approximate surface area is 113 Å². The summed E-state index contributed by atoms with van der Waals surface area (Å²) in [7, 11) is 1.57. The van der Waals surface area contributed by atoms with Crippen LogP contribution < -0.4 is 0 Å². The fourth-order valence-electron chi connectivity index (χ4n) is 2.42. The van der Waals surface area contributed by atoms with Gasteiger partial charge in [-0.05, 0) is 18.6 Å². The minimum absolute atomic E-state index is 0.0681. The average Bonchev–Trinajstić information content (AvgIpc) is 2.76. The molecule has 0 aromatic heterocycles. The number of carbonyl (C=O) groups excluding carboxylic acids is 1. The molecule has 4 atom stereocenters. The van der Waals surface area contributed by atoms with E-state index >= 15 is 0 Å². The van der Waals surface area contributed by atoms with E-state index in [2.05, 4.69) is 6.92 Å². The van der Waals surface area contributed by atoms with Crippen molar-refractivity contribution in [2.45, 2.75) is 38.8 Å². The molecule has 4 nitrogen and oxygen atoms in total. The molecule has 0 radical (unpaired) electrons. The van der Waals surface area contributed by atoms with Crippen molar-refractivity contribution in [3.05, 3.63) is 35.9 Å². The second-order valence-corrected chi connectivity index (χ2v) is 4.78. The highest BCUT2D eigenvalue weighted by Crippen LogP contribution is 2.31. The third-order valence-electron chi connectivity index (χ3n) is 3.57.